The van der Waals surface area contributed by atoms with Crippen molar-refractivity contribution in [1.29, 1.82) is 0 Å². The second-order valence-electron chi connectivity index (χ2n) is 6.06. The Morgan fingerprint density at radius 3 is 2.77 bits per heavy atom. The molecule has 0 bridgehead atoms. The van der Waals surface area contributed by atoms with Gasteiger partial charge in [-0.25, -0.2) is 4.98 Å². The average Bonchev–Trinajstić information content (AvgIpc) is 3.06. The number of aromatic nitrogens is 2. The van der Waals surface area contributed by atoms with Gasteiger partial charge in [0.15, 0.2) is 11.5 Å². The lowest BCUT2D eigenvalue weighted by Crippen LogP contribution is -2.24. The van der Waals surface area contributed by atoms with Gasteiger partial charge in [-0.3, -0.25) is 9.36 Å². The van der Waals surface area contributed by atoms with Gasteiger partial charge in [0.1, 0.15) is 12.1 Å². The summed E-state index contributed by atoms with van der Waals surface area (Å²) in [5, 5.41) is 12.8. The maximum atomic E-state index is 12.3. The molecular weight excluding hydrogens is 398 g/mol. The number of methoxy groups -OCH3 is 1. The zero-order valence-corrected chi connectivity index (χ0v) is 15.5. The van der Waals surface area contributed by atoms with E-state index < -0.39 is 0 Å². The number of aromatic hydroxyl groups is 1. The van der Waals surface area contributed by atoms with Crippen molar-refractivity contribution in [3.8, 4) is 17.2 Å². The predicted octanol–water partition coefficient (Wildman–Crippen LogP) is 3.82. The number of carbonyl (C=O) groups is 1. The highest BCUT2D eigenvalue weighted by Crippen LogP contribution is 2.39. The fraction of sp³-hybridized carbons (Fsp3) is 0.158. The molecule has 7 heteroatoms. The molecule has 26 heavy (non-hydrogen) atoms. The van der Waals surface area contributed by atoms with Crippen LogP contribution in [-0.4, -0.2) is 27.7 Å². The van der Waals surface area contributed by atoms with Gasteiger partial charge in [0.05, 0.1) is 12.8 Å². The van der Waals surface area contributed by atoms with E-state index in [4.69, 9.17) is 4.74 Å². The van der Waals surface area contributed by atoms with Crippen LogP contribution in [0.2, 0.25) is 0 Å². The Kier molecular flexibility index (Phi) is 4.16. The number of hydrogen-bond acceptors (Lipinski definition) is 4. The van der Waals surface area contributed by atoms with E-state index in [-0.39, 0.29) is 24.0 Å². The van der Waals surface area contributed by atoms with Crippen LogP contribution in [0.4, 0.5) is 5.82 Å². The lowest BCUT2D eigenvalue weighted by atomic mass is 9.89. The van der Waals surface area contributed by atoms with Crippen molar-refractivity contribution in [2.24, 2.45) is 0 Å². The molecule has 1 aromatic heterocycles. The number of phenols is 1. The van der Waals surface area contributed by atoms with E-state index in [1.807, 2.05) is 28.8 Å². The maximum Gasteiger partial charge on any atom is 0.226 e. The summed E-state index contributed by atoms with van der Waals surface area (Å²) in [6.07, 6.45) is 2.00. The zero-order valence-electron chi connectivity index (χ0n) is 13.9. The van der Waals surface area contributed by atoms with E-state index in [1.54, 1.807) is 24.5 Å². The Morgan fingerprint density at radius 2 is 2.04 bits per heavy atom. The van der Waals surface area contributed by atoms with E-state index in [9.17, 15) is 9.90 Å². The summed E-state index contributed by atoms with van der Waals surface area (Å²) in [6, 6.07) is 12.9. The molecule has 4 rings (SSSR count). The molecule has 0 spiro atoms. The van der Waals surface area contributed by atoms with Gasteiger partial charge in [0.2, 0.25) is 5.91 Å². The number of anilines is 1. The quantitative estimate of drug-likeness (QED) is 0.683. The third kappa shape index (κ3) is 2.84. The topological polar surface area (TPSA) is 76.4 Å². The van der Waals surface area contributed by atoms with E-state index in [2.05, 4.69) is 26.2 Å². The van der Waals surface area contributed by atoms with Crippen molar-refractivity contribution in [1.82, 2.24) is 9.55 Å². The molecule has 1 atom stereocenters. The Bertz CT molecular complexity index is 982. The third-order valence-electron chi connectivity index (χ3n) is 4.48. The average molecular weight is 414 g/mol. The number of rotatable bonds is 3. The Balaban J connectivity index is 1.80. The van der Waals surface area contributed by atoms with E-state index in [1.165, 1.54) is 7.11 Å². The van der Waals surface area contributed by atoms with Crippen LogP contribution >= 0.6 is 15.9 Å². The minimum atomic E-state index is -0.204. The van der Waals surface area contributed by atoms with Gasteiger partial charge in [-0.15, -0.1) is 0 Å². The number of imidazole rings is 1. The van der Waals surface area contributed by atoms with Gasteiger partial charge in [0.25, 0.3) is 0 Å². The fourth-order valence-corrected chi connectivity index (χ4v) is 3.46. The third-order valence-corrected chi connectivity index (χ3v) is 5.01. The monoisotopic (exact) mass is 413 g/mol. The molecule has 2 heterocycles. The van der Waals surface area contributed by atoms with Crippen molar-refractivity contribution in [3.05, 3.63) is 64.5 Å². The van der Waals surface area contributed by atoms with Gasteiger partial charge in [-0.05, 0) is 42.0 Å². The lowest BCUT2D eigenvalue weighted by molar-refractivity contribution is -0.116. The smallest absolute Gasteiger partial charge is 0.226 e. The van der Waals surface area contributed by atoms with E-state index in [0.717, 1.165) is 21.4 Å². The molecule has 0 radical (unpaired) electrons. The van der Waals surface area contributed by atoms with Crippen LogP contribution in [0.3, 0.4) is 0 Å². The Morgan fingerprint density at radius 1 is 1.27 bits per heavy atom. The van der Waals surface area contributed by atoms with Crippen molar-refractivity contribution in [3.63, 3.8) is 0 Å². The summed E-state index contributed by atoms with van der Waals surface area (Å²) in [5.41, 5.74) is 2.57. The van der Waals surface area contributed by atoms with Crippen LogP contribution in [-0.2, 0) is 4.79 Å². The molecule has 0 saturated heterocycles. The summed E-state index contributed by atoms with van der Waals surface area (Å²) >= 11 is 3.43. The number of hydrogen-bond donors (Lipinski definition) is 2. The molecule has 2 N–H and O–H groups in total. The molecule has 6 nitrogen and oxygen atoms in total. The van der Waals surface area contributed by atoms with Gasteiger partial charge < -0.3 is 15.2 Å². The first-order valence-electron chi connectivity index (χ1n) is 8.06. The number of amides is 1. The summed E-state index contributed by atoms with van der Waals surface area (Å²) in [5.74, 6) is 0.832. The van der Waals surface area contributed by atoms with Crippen LogP contribution in [0.5, 0.6) is 11.5 Å². The van der Waals surface area contributed by atoms with Crippen LogP contribution in [0.1, 0.15) is 23.6 Å². The molecule has 1 aliphatic heterocycles. The minimum Gasteiger partial charge on any atom is -0.504 e. The second-order valence-corrected chi connectivity index (χ2v) is 6.98. The SMILES string of the molecule is COc1cc([C@@H]2CC(=O)Nc3c2ncn3-c2ccc(Br)cc2)ccc1O. The van der Waals surface area contributed by atoms with E-state index >= 15 is 0 Å². The number of phenolic OH excluding ortho intramolecular Hbond substituents is 1. The summed E-state index contributed by atoms with van der Waals surface area (Å²) in [7, 11) is 1.50. The van der Waals surface area contributed by atoms with Crippen LogP contribution in [0.25, 0.3) is 5.69 Å². The second kappa shape index (κ2) is 6.49. The Hall–Kier alpha value is -2.80. The summed E-state index contributed by atoms with van der Waals surface area (Å²) in [4.78, 5) is 16.9. The number of carbonyl (C=O) groups excluding carboxylic acids is 1. The van der Waals surface area contributed by atoms with Crippen LogP contribution in [0, 0.1) is 0 Å². The van der Waals surface area contributed by atoms with Gasteiger partial charge in [0, 0.05) is 22.5 Å². The highest BCUT2D eigenvalue weighted by Gasteiger charge is 2.31. The number of nitrogens with one attached hydrogen (secondary N) is 1. The molecular formula is C19H16BrN3O3. The van der Waals surface area contributed by atoms with Crippen molar-refractivity contribution in [2.45, 2.75) is 12.3 Å². The molecule has 0 saturated carbocycles. The lowest BCUT2D eigenvalue weighted by Gasteiger charge is -2.23. The number of ether oxygens (including phenoxy) is 1. The van der Waals surface area contributed by atoms with Crippen molar-refractivity contribution < 1.29 is 14.6 Å². The largest absolute Gasteiger partial charge is 0.504 e. The number of nitrogens with zero attached hydrogens (tertiary/aromatic N) is 2. The van der Waals surface area contributed by atoms with Gasteiger partial charge >= 0.3 is 0 Å². The molecule has 0 unspecified atom stereocenters. The Labute approximate surface area is 158 Å². The standard InChI is InChI=1S/C19H16BrN3O3/c1-26-16-8-11(2-7-15(16)24)14-9-17(25)22-19-18(14)21-10-23(19)13-5-3-12(20)4-6-13/h2-8,10,14,24H,9H2,1H3,(H,22,25)/t14-/m0/s1. The first kappa shape index (κ1) is 16.7. The molecule has 132 valence electrons. The molecule has 1 amide bonds. The maximum absolute atomic E-state index is 12.3. The molecule has 2 aromatic carbocycles. The summed E-state index contributed by atoms with van der Waals surface area (Å²) in [6.45, 7) is 0. The fourth-order valence-electron chi connectivity index (χ4n) is 3.19. The number of fused-ring (bicyclic) bond motifs is 1. The zero-order chi connectivity index (χ0) is 18.3. The number of halogens is 1. The van der Waals surface area contributed by atoms with Crippen LogP contribution < -0.4 is 10.1 Å². The highest BCUT2D eigenvalue weighted by atomic mass is 79.9. The van der Waals surface area contributed by atoms with Crippen molar-refractivity contribution >= 4 is 27.7 Å². The summed E-state index contributed by atoms with van der Waals surface area (Å²) < 4.78 is 8.04. The van der Waals surface area contributed by atoms with Crippen molar-refractivity contribution in [2.75, 3.05) is 12.4 Å². The molecule has 1 aliphatic rings. The van der Waals surface area contributed by atoms with Gasteiger partial charge in [-0.1, -0.05) is 22.0 Å². The molecule has 3 aromatic rings. The van der Waals surface area contributed by atoms with E-state index in [0.29, 0.717) is 11.6 Å². The minimum absolute atomic E-state index is 0.0668. The molecule has 0 fully saturated rings. The molecule has 0 aliphatic carbocycles. The number of benzene rings is 2. The first-order chi connectivity index (χ1) is 12.6. The predicted molar refractivity (Wildman–Crippen MR) is 101 cm³/mol. The highest BCUT2D eigenvalue weighted by molar-refractivity contribution is 9.10. The first-order valence-corrected chi connectivity index (χ1v) is 8.86. The van der Waals surface area contributed by atoms with Crippen LogP contribution in [0.15, 0.2) is 53.3 Å². The normalized spacial score (nSPS) is 16.1. The van der Waals surface area contributed by atoms with Gasteiger partial charge in [-0.2, -0.15) is 0 Å².